The minimum Gasteiger partial charge on any atom is -0.327 e. The Morgan fingerprint density at radius 3 is 2.65 bits per heavy atom. The van der Waals surface area contributed by atoms with E-state index in [1.807, 2.05) is 38.1 Å². The van der Waals surface area contributed by atoms with Crippen molar-refractivity contribution in [1.82, 2.24) is 9.78 Å². The van der Waals surface area contributed by atoms with Crippen LogP contribution in [0.1, 0.15) is 11.4 Å². The molecule has 0 atom stereocenters. The maximum atomic E-state index is 10.5. The van der Waals surface area contributed by atoms with Gasteiger partial charge in [-0.1, -0.05) is 23.7 Å². The van der Waals surface area contributed by atoms with Gasteiger partial charge in [-0.3, -0.25) is 4.79 Å². The van der Waals surface area contributed by atoms with Crippen LogP contribution in [0.2, 0.25) is 5.02 Å². The molecule has 0 spiro atoms. The highest BCUT2D eigenvalue weighted by Gasteiger charge is 2.12. The molecule has 0 bridgehead atoms. The van der Waals surface area contributed by atoms with Crippen molar-refractivity contribution >= 4 is 23.7 Å². The first-order valence-corrected chi connectivity index (χ1v) is 5.54. The first-order chi connectivity index (χ1) is 8.15. The molecular weight excluding hydrogens is 238 g/mol. The van der Waals surface area contributed by atoms with Crippen LogP contribution in [0.5, 0.6) is 0 Å². The number of carbonyl (C=O) groups excluding carboxylic acids is 1. The summed E-state index contributed by atoms with van der Waals surface area (Å²) in [6.07, 6.45) is 0.645. The van der Waals surface area contributed by atoms with E-state index in [0.29, 0.717) is 17.1 Å². The lowest BCUT2D eigenvalue weighted by atomic mass is 10.2. The van der Waals surface area contributed by atoms with Gasteiger partial charge in [0.05, 0.1) is 27.8 Å². The van der Waals surface area contributed by atoms with Crippen molar-refractivity contribution in [2.75, 3.05) is 5.32 Å². The van der Waals surface area contributed by atoms with E-state index >= 15 is 0 Å². The van der Waals surface area contributed by atoms with Crippen molar-refractivity contribution in [1.29, 1.82) is 0 Å². The Labute approximate surface area is 104 Å². The number of carbonyl (C=O) groups is 1. The quantitative estimate of drug-likeness (QED) is 0.851. The highest BCUT2D eigenvalue weighted by atomic mass is 35.5. The van der Waals surface area contributed by atoms with E-state index in [4.69, 9.17) is 11.6 Å². The fraction of sp³-hybridized carbons (Fsp3) is 0.167. The van der Waals surface area contributed by atoms with E-state index in [9.17, 15) is 4.79 Å². The Hall–Kier alpha value is -1.81. The van der Waals surface area contributed by atoms with Gasteiger partial charge in [-0.15, -0.1) is 0 Å². The summed E-state index contributed by atoms with van der Waals surface area (Å²) in [6, 6.07) is 7.42. The lowest BCUT2D eigenvalue weighted by Crippen LogP contribution is -2.04. The third kappa shape index (κ3) is 2.03. The molecule has 1 N–H and O–H groups in total. The minimum absolute atomic E-state index is 0.644. The maximum Gasteiger partial charge on any atom is 0.211 e. The summed E-state index contributed by atoms with van der Waals surface area (Å²) < 4.78 is 1.73. The molecule has 1 heterocycles. The highest BCUT2D eigenvalue weighted by molar-refractivity contribution is 6.31. The predicted molar refractivity (Wildman–Crippen MR) is 67.7 cm³/mol. The molecule has 0 aliphatic rings. The minimum atomic E-state index is 0.644. The number of hydrogen-bond acceptors (Lipinski definition) is 2. The molecular formula is C12H12ClN3O. The Bertz CT molecular complexity index is 563. The van der Waals surface area contributed by atoms with Gasteiger partial charge in [0, 0.05) is 0 Å². The van der Waals surface area contributed by atoms with Crippen LogP contribution < -0.4 is 5.32 Å². The maximum absolute atomic E-state index is 10.5. The van der Waals surface area contributed by atoms with Crippen LogP contribution in [0, 0.1) is 13.8 Å². The van der Waals surface area contributed by atoms with E-state index in [-0.39, 0.29) is 0 Å². The number of aromatic nitrogens is 2. The number of hydrogen-bond donors (Lipinski definition) is 1. The number of nitrogens with zero attached hydrogens (tertiary/aromatic N) is 2. The third-order valence-electron chi connectivity index (χ3n) is 2.55. The fourth-order valence-electron chi connectivity index (χ4n) is 1.70. The second-order valence-electron chi connectivity index (χ2n) is 3.68. The molecule has 2 aromatic rings. The summed E-state index contributed by atoms with van der Waals surface area (Å²) >= 11 is 6.10. The number of amides is 1. The van der Waals surface area contributed by atoms with Crippen LogP contribution in [-0.4, -0.2) is 16.2 Å². The van der Waals surface area contributed by atoms with E-state index in [1.165, 1.54) is 0 Å². The van der Waals surface area contributed by atoms with Gasteiger partial charge in [0.15, 0.2) is 0 Å². The largest absolute Gasteiger partial charge is 0.327 e. The Kier molecular flexibility index (Phi) is 3.15. The number of nitrogens with one attached hydrogen (secondary N) is 1. The fourth-order valence-corrected chi connectivity index (χ4v) is 1.82. The number of halogens is 1. The average molecular weight is 250 g/mol. The molecule has 0 radical (unpaired) electrons. The molecule has 5 heteroatoms. The van der Waals surface area contributed by atoms with Gasteiger partial charge in [0.25, 0.3) is 0 Å². The van der Waals surface area contributed by atoms with Gasteiger partial charge in [-0.2, -0.15) is 5.10 Å². The monoisotopic (exact) mass is 249 g/mol. The SMILES string of the molecule is Cc1nn(-c2ccccc2NC=O)c(C)c1Cl. The standard InChI is InChI=1S/C12H12ClN3O/c1-8-12(13)9(2)16(15-8)11-6-4-3-5-10(11)14-7-17/h3-7H,1-2H3,(H,14,17). The molecule has 0 unspecified atom stereocenters. The normalized spacial score (nSPS) is 10.3. The molecule has 0 fully saturated rings. The number of benzene rings is 1. The second kappa shape index (κ2) is 4.59. The van der Waals surface area contributed by atoms with Crippen molar-refractivity contribution in [2.24, 2.45) is 0 Å². The molecule has 1 aromatic carbocycles. The Morgan fingerprint density at radius 2 is 2.06 bits per heavy atom. The number of aryl methyl sites for hydroxylation is 1. The number of para-hydroxylation sites is 2. The highest BCUT2D eigenvalue weighted by Crippen LogP contribution is 2.26. The van der Waals surface area contributed by atoms with Crippen LogP contribution in [0.3, 0.4) is 0 Å². The van der Waals surface area contributed by atoms with Crippen LogP contribution in [0.25, 0.3) is 5.69 Å². The summed E-state index contributed by atoms with van der Waals surface area (Å²) in [7, 11) is 0. The molecule has 17 heavy (non-hydrogen) atoms. The smallest absolute Gasteiger partial charge is 0.211 e. The van der Waals surface area contributed by atoms with Crippen LogP contribution in [-0.2, 0) is 4.79 Å². The van der Waals surface area contributed by atoms with Crippen LogP contribution in [0.15, 0.2) is 24.3 Å². The summed E-state index contributed by atoms with van der Waals surface area (Å²) in [5.41, 5.74) is 3.12. The molecule has 0 saturated heterocycles. The van der Waals surface area contributed by atoms with E-state index in [2.05, 4.69) is 10.4 Å². The molecule has 0 aliphatic heterocycles. The zero-order valence-corrected chi connectivity index (χ0v) is 10.3. The van der Waals surface area contributed by atoms with Gasteiger partial charge < -0.3 is 5.32 Å². The first kappa shape index (κ1) is 11.7. The predicted octanol–water partition coefficient (Wildman–Crippen LogP) is 2.71. The number of anilines is 1. The van der Waals surface area contributed by atoms with Crippen molar-refractivity contribution in [3.05, 3.63) is 40.7 Å². The molecule has 4 nitrogen and oxygen atoms in total. The molecule has 1 aromatic heterocycles. The second-order valence-corrected chi connectivity index (χ2v) is 4.05. The Morgan fingerprint density at radius 1 is 1.35 bits per heavy atom. The van der Waals surface area contributed by atoms with Gasteiger partial charge in [-0.25, -0.2) is 4.68 Å². The van der Waals surface area contributed by atoms with E-state index < -0.39 is 0 Å². The lowest BCUT2D eigenvalue weighted by Gasteiger charge is -2.09. The summed E-state index contributed by atoms with van der Waals surface area (Å²) in [5, 5.41) is 7.64. The molecule has 1 amide bonds. The number of rotatable bonds is 3. The summed E-state index contributed by atoms with van der Waals surface area (Å²) in [6.45, 7) is 3.74. The van der Waals surface area contributed by atoms with Gasteiger partial charge in [0.2, 0.25) is 6.41 Å². The van der Waals surface area contributed by atoms with E-state index in [1.54, 1.807) is 4.68 Å². The average Bonchev–Trinajstić information content (AvgIpc) is 2.58. The van der Waals surface area contributed by atoms with Gasteiger partial charge >= 0.3 is 0 Å². The first-order valence-electron chi connectivity index (χ1n) is 5.16. The zero-order chi connectivity index (χ0) is 12.4. The molecule has 0 saturated carbocycles. The van der Waals surface area contributed by atoms with E-state index in [0.717, 1.165) is 17.1 Å². The van der Waals surface area contributed by atoms with Crippen molar-refractivity contribution < 1.29 is 4.79 Å². The van der Waals surface area contributed by atoms with Crippen LogP contribution >= 0.6 is 11.6 Å². The summed E-state index contributed by atoms with van der Waals surface area (Å²) in [4.78, 5) is 10.5. The van der Waals surface area contributed by atoms with Crippen LogP contribution in [0.4, 0.5) is 5.69 Å². The summed E-state index contributed by atoms with van der Waals surface area (Å²) in [5.74, 6) is 0. The molecule has 2 rings (SSSR count). The van der Waals surface area contributed by atoms with Crippen molar-refractivity contribution in [3.63, 3.8) is 0 Å². The van der Waals surface area contributed by atoms with Gasteiger partial charge in [0.1, 0.15) is 0 Å². The lowest BCUT2D eigenvalue weighted by molar-refractivity contribution is -0.105. The van der Waals surface area contributed by atoms with Crippen molar-refractivity contribution in [3.8, 4) is 5.69 Å². The Balaban J connectivity index is 2.59. The molecule has 88 valence electrons. The third-order valence-corrected chi connectivity index (χ3v) is 3.10. The van der Waals surface area contributed by atoms with Gasteiger partial charge in [-0.05, 0) is 26.0 Å². The topological polar surface area (TPSA) is 46.9 Å². The van der Waals surface area contributed by atoms with Crippen molar-refractivity contribution in [2.45, 2.75) is 13.8 Å². The zero-order valence-electron chi connectivity index (χ0n) is 9.57. The molecule has 0 aliphatic carbocycles.